The molecule has 0 radical (unpaired) electrons. The van der Waals surface area contributed by atoms with E-state index in [1.165, 1.54) is 0 Å². The van der Waals surface area contributed by atoms with E-state index in [4.69, 9.17) is 0 Å². The summed E-state index contributed by atoms with van der Waals surface area (Å²) in [4.78, 5) is 0. The van der Waals surface area contributed by atoms with E-state index in [0.29, 0.717) is 19.6 Å². The van der Waals surface area contributed by atoms with Gasteiger partial charge in [-0.1, -0.05) is 13.3 Å². The van der Waals surface area contributed by atoms with Crippen LogP contribution in [-0.2, 0) is 10.0 Å². The van der Waals surface area contributed by atoms with E-state index in [9.17, 15) is 8.42 Å². The van der Waals surface area contributed by atoms with E-state index in [1.807, 2.05) is 6.92 Å². The van der Waals surface area contributed by atoms with Gasteiger partial charge in [0.25, 0.3) is 0 Å². The number of nitrogens with zero attached hydrogens (tertiary/aromatic N) is 1. The van der Waals surface area contributed by atoms with Gasteiger partial charge in [-0.05, 0) is 26.3 Å². The Morgan fingerprint density at radius 3 is 2.40 bits per heavy atom. The lowest BCUT2D eigenvalue weighted by molar-refractivity contribution is 0.342. The summed E-state index contributed by atoms with van der Waals surface area (Å²) in [5, 5.41) is 2.78. The molecule has 0 aromatic carbocycles. The Labute approximate surface area is 93.1 Å². The monoisotopic (exact) mass is 234 g/mol. The predicted octanol–water partition coefficient (Wildman–Crippen LogP) is 0.800. The quantitative estimate of drug-likeness (QED) is 0.765. The molecule has 0 saturated carbocycles. The Morgan fingerprint density at radius 1 is 1.27 bits per heavy atom. The average Bonchev–Trinajstić information content (AvgIpc) is 2.27. The number of rotatable bonds is 5. The van der Waals surface area contributed by atoms with Crippen molar-refractivity contribution in [3.05, 3.63) is 0 Å². The second-order valence-electron chi connectivity index (χ2n) is 4.12. The number of hydrogen-bond donors (Lipinski definition) is 1. The van der Waals surface area contributed by atoms with Gasteiger partial charge < -0.3 is 5.32 Å². The first kappa shape index (κ1) is 12.9. The van der Waals surface area contributed by atoms with Gasteiger partial charge in [0.15, 0.2) is 0 Å². The lowest BCUT2D eigenvalue weighted by Gasteiger charge is -2.28. The van der Waals surface area contributed by atoms with Gasteiger partial charge in [0.05, 0.1) is 5.25 Å². The van der Waals surface area contributed by atoms with Crippen LogP contribution in [0.15, 0.2) is 0 Å². The van der Waals surface area contributed by atoms with Crippen molar-refractivity contribution in [3.63, 3.8) is 0 Å². The Bertz CT molecular complexity index is 271. The lowest BCUT2D eigenvalue weighted by Crippen LogP contribution is -2.44. The molecule has 90 valence electrons. The molecule has 1 aliphatic heterocycles. The Morgan fingerprint density at radius 2 is 1.87 bits per heavy atom. The Hall–Kier alpha value is -0.130. The third-order valence-electron chi connectivity index (χ3n) is 2.87. The molecule has 0 aromatic heterocycles. The maximum absolute atomic E-state index is 12.1. The standard InChI is InChI=1S/C10H22N2O2S/c1-3-11-9-10(2)15(13,14)12-7-5-4-6-8-12/h10-11H,3-9H2,1-2H3. The van der Waals surface area contributed by atoms with Crippen LogP contribution in [0.25, 0.3) is 0 Å². The zero-order valence-electron chi connectivity index (χ0n) is 9.70. The summed E-state index contributed by atoms with van der Waals surface area (Å²) in [6.45, 7) is 6.56. The van der Waals surface area contributed by atoms with Crippen molar-refractivity contribution in [2.45, 2.75) is 38.4 Å². The van der Waals surface area contributed by atoms with Gasteiger partial charge in [-0.15, -0.1) is 0 Å². The molecule has 1 rings (SSSR count). The van der Waals surface area contributed by atoms with Crippen molar-refractivity contribution in [1.29, 1.82) is 0 Å². The van der Waals surface area contributed by atoms with Crippen LogP contribution in [0.3, 0.4) is 0 Å². The van der Waals surface area contributed by atoms with E-state index in [1.54, 1.807) is 11.2 Å². The van der Waals surface area contributed by atoms with E-state index in [0.717, 1.165) is 25.8 Å². The first-order valence-electron chi connectivity index (χ1n) is 5.78. The van der Waals surface area contributed by atoms with Crippen LogP contribution in [0.5, 0.6) is 0 Å². The summed E-state index contributed by atoms with van der Waals surface area (Å²) in [5.41, 5.74) is 0. The molecule has 1 N–H and O–H groups in total. The van der Waals surface area contributed by atoms with E-state index in [-0.39, 0.29) is 5.25 Å². The smallest absolute Gasteiger partial charge is 0.217 e. The van der Waals surface area contributed by atoms with Crippen molar-refractivity contribution in [3.8, 4) is 0 Å². The number of piperidine rings is 1. The molecule has 4 nitrogen and oxygen atoms in total. The van der Waals surface area contributed by atoms with Gasteiger partial charge in [0.1, 0.15) is 0 Å². The highest BCUT2D eigenvalue weighted by atomic mass is 32.2. The Kier molecular flexibility index (Phi) is 5.02. The maximum atomic E-state index is 12.1. The minimum absolute atomic E-state index is 0.310. The fraction of sp³-hybridized carbons (Fsp3) is 1.00. The minimum atomic E-state index is -3.06. The maximum Gasteiger partial charge on any atom is 0.217 e. The fourth-order valence-electron chi connectivity index (χ4n) is 1.83. The zero-order valence-corrected chi connectivity index (χ0v) is 10.5. The normalized spacial score (nSPS) is 21.5. The van der Waals surface area contributed by atoms with Crippen LogP contribution in [-0.4, -0.2) is 44.2 Å². The van der Waals surface area contributed by atoms with Crippen molar-refractivity contribution >= 4 is 10.0 Å². The molecule has 1 saturated heterocycles. The van der Waals surface area contributed by atoms with Gasteiger partial charge in [0.2, 0.25) is 10.0 Å². The molecule has 1 aliphatic rings. The SMILES string of the molecule is CCNCC(C)S(=O)(=O)N1CCCCC1. The van der Waals surface area contributed by atoms with Crippen LogP contribution in [0, 0.1) is 0 Å². The van der Waals surface area contributed by atoms with Gasteiger partial charge in [-0.25, -0.2) is 12.7 Å². The number of hydrogen-bond acceptors (Lipinski definition) is 3. The first-order chi connectivity index (χ1) is 7.09. The van der Waals surface area contributed by atoms with Crippen molar-refractivity contribution in [2.24, 2.45) is 0 Å². The van der Waals surface area contributed by atoms with Gasteiger partial charge in [-0.3, -0.25) is 0 Å². The van der Waals surface area contributed by atoms with Crippen molar-refractivity contribution in [1.82, 2.24) is 9.62 Å². The molecule has 1 unspecified atom stereocenters. The van der Waals surface area contributed by atoms with Gasteiger partial charge in [0, 0.05) is 19.6 Å². The summed E-state index contributed by atoms with van der Waals surface area (Å²) < 4.78 is 25.8. The molecule has 15 heavy (non-hydrogen) atoms. The molecule has 1 atom stereocenters. The molecular weight excluding hydrogens is 212 g/mol. The fourth-order valence-corrected chi connectivity index (χ4v) is 3.43. The van der Waals surface area contributed by atoms with Crippen LogP contribution in [0.2, 0.25) is 0 Å². The minimum Gasteiger partial charge on any atom is -0.316 e. The largest absolute Gasteiger partial charge is 0.316 e. The van der Waals surface area contributed by atoms with Crippen LogP contribution < -0.4 is 5.32 Å². The summed E-state index contributed by atoms with van der Waals surface area (Å²) in [7, 11) is -3.06. The molecule has 1 heterocycles. The highest BCUT2D eigenvalue weighted by Crippen LogP contribution is 2.16. The molecule has 1 fully saturated rings. The number of sulfonamides is 1. The molecule has 0 aromatic rings. The second-order valence-corrected chi connectivity index (χ2v) is 6.47. The van der Waals surface area contributed by atoms with Crippen molar-refractivity contribution < 1.29 is 8.42 Å². The molecule has 5 heteroatoms. The predicted molar refractivity (Wildman–Crippen MR) is 62.3 cm³/mol. The Balaban J connectivity index is 2.55. The average molecular weight is 234 g/mol. The summed E-state index contributed by atoms with van der Waals surface area (Å²) in [5.74, 6) is 0. The van der Waals surface area contributed by atoms with Crippen LogP contribution >= 0.6 is 0 Å². The molecule has 0 spiro atoms. The summed E-state index contributed by atoms with van der Waals surface area (Å²) >= 11 is 0. The third kappa shape index (κ3) is 3.43. The van der Waals surface area contributed by atoms with E-state index >= 15 is 0 Å². The van der Waals surface area contributed by atoms with Gasteiger partial charge in [-0.2, -0.15) is 0 Å². The summed E-state index contributed by atoms with van der Waals surface area (Å²) in [6.07, 6.45) is 3.17. The van der Waals surface area contributed by atoms with E-state index in [2.05, 4.69) is 5.32 Å². The third-order valence-corrected chi connectivity index (χ3v) is 5.13. The van der Waals surface area contributed by atoms with Gasteiger partial charge >= 0.3 is 0 Å². The van der Waals surface area contributed by atoms with Crippen LogP contribution in [0.1, 0.15) is 33.1 Å². The number of nitrogens with one attached hydrogen (secondary N) is 1. The highest BCUT2D eigenvalue weighted by Gasteiger charge is 2.29. The van der Waals surface area contributed by atoms with Crippen molar-refractivity contribution in [2.75, 3.05) is 26.2 Å². The lowest BCUT2D eigenvalue weighted by atomic mass is 10.2. The molecule has 0 aliphatic carbocycles. The first-order valence-corrected chi connectivity index (χ1v) is 7.29. The molecule has 0 amide bonds. The zero-order chi connectivity index (χ0) is 11.3. The second kappa shape index (κ2) is 5.82. The highest BCUT2D eigenvalue weighted by molar-refractivity contribution is 7.89. The molecular formula is C10H22N2O2S. The topological polar surface area (TPSA) is 49.4 Å². The van der Waals surface area contributed by atoms with E-state index < -0.39 is 10.0 Å². The summed E-state index contributed by atoms with van der Waals surface area (Å²) in [6, 6.07) is 0. The van der Waals surface area contributed by atoms with Crippen LogP contribution in [0.4, 0.5) is 0 Å². The molecule has 0 bridgehead atoms.